The lowest BCUT2D eigenvalue weighted by Gasteiger charge is -2.49. The van der Waals surface area contributed by atoms with E-state index in [-0.39, 0.29) is 28.3 Å². The largest absolute Gasteiger partial charge is 0.299 e. The smallest absolute Gasteiger partial charge is 0.143 e. The Hall–Kier alpha value is -1.61. The van der Waals surface area contributed by atoms with Crippen LogP contribution in [0.2, 0.25) is 0 Å². The molecule has 0 unspecified atom stereocenters. The Kier molecular flexibility index (Phi) is 17.8. The molecular formula is C35H70N6O. The molecule has 0 amide bonds. The van der Waals surface area contributed by atoms with Crippen LogP contribution in [-0.2, 0) is 11.2 Å². The Morgan fingerprint density at radius 3 is 1.29 bits per heavy atom. The number of nitrogens with zero attached hydrogens (tertiary/aromatic N) is 6. The zero-order valence-corrected chi connectivity index (χ0v) is 31.3. The third-order valence-corrected chi connectivity index (χ3v) is 9.33. The molecule has 0 aliphatic rings. The fourth-order valence-corrected chi connectivity index (χ4v) is 4.06. The molecule has 0 aliphatic carbocycles. The van der Waals surface area contributed by atoms with Crippen LogP contribution in [0, 0.1) is 0 Å². The molecule has 246 valence electrons. The van der Waals surface area contributed by atoms with Crippen LogP contribution in [0.1, 0.15) is 74.8 Å². The highest BCUT2D eigenvalue weighted by Crippen LogP contribution is 2.27. The van der Waals surface area contributed by atoms with E-state index in [1.54, 1.807) is 6.92 Å². The van der Waals surface area contributed by atoms with Crippen molar-refractivity contribution in [3.05, 3.63) is 48.0 Å². The second-order valence-corrected chi connectivity index (χ2v) is 14.6. The third-order valence-electron chi connectivity index (χ3n) is 9.33. The number of Topliss-reactive ketones (excluding diaryl/α,β-unsaturated/α-hetero) is 1. The summed E-state index contributed by atoms with van der Waals surface area (Å²) in [6, 6.07) is 10.7. The summed E-state index contributed by atoms with van der Waals surface area (Å²) in [6.07, 6.45) is 1.06. The standard InChI is InChI=1S/C16H28N2.C10H22N2.C9H20N2O/c1-15(2,13-14-11-9-8-10-12-14)18(7)16(3,4)17(5)6;1-9(2)8-12(7)10(3,4)11(5)6;1-8(12)7-11(6)9(2,3)10(4)5/h8-12H,13H2,1-7H3;1,8H2,2-7H3;7H2,1-6H3. The van der Waals surface area contributed by atoms with E-state index in [2.05, 4.69) is 166 Å². The van der Waals surface area contributed by atoms with Gasteiger partial charge in [0.05, 0.1) is 23.5 Å². The van der Waals surface area contributed by atoms with Gasteiger partial charge in [0, 0.05) is 12.1 Å². The zero-order valence-electron chi connectivity index (χ0n) is 31.3. The van der Waals surface area contributed by atoms with Gasteiger partial charge in [0.25, 0.3) is 0 Å². The summed E-state index contributed by atoms with van der Waals surface area (Å²) in [5.74, 6) is 0.201. The van der Waals surface area contributed by atoms with Gasteiger partial charge in [-0.2, -0.15) is 0 Å². The Morgan fingerprint density at radius 1 is 0.619 bits per heavy atom. The van der Waals surface area contributed by atoms with Crippen molar-refractivity contribution in [3.8, 4) is 0 Å². The molecule has 0 radical (unpaired) electrons. The molecule has 0 heterocycles. The van der Waals surface area contributed by atoms with Crippen molar-refractivity contribution < 1.29 is 4.79 Å². The Bertz CT molecular complexity index is 881. The van der Waals surface area contributed by atoms with Crippen LogP contribution >= 0.6 is 0 Å². The molecular weight excluding hydrogens is 520 g/mol. The first-order chi connectivity index (χ1) is 18.7. The van der Waals surface area contributed by atoms with Crippen LogP contribution in [0.5, 0.6) is 0 Å². The summed E-state index contributed by atoms with van der Waals surface area (Å²) < 4.78 is 0. The molecule has 42 heavy (non-hydrogen) atoms. The van der Waals surface area contributed by atoms with Gasteiger partial charge in [0.15, 0.2) is 0 Å². The molecule has 0 saturated heterocycles. The number of benzene rings is 1. The highest BCUT2D eigenvalue weighted by atomic mass is 16.1. The van der Waals surface area contributed by atoms with E-state index in [0.717, 1.165) is 13.0 Å². The molecule has 0 aromatic heterocycles. The number of rotatable bonds is 13. The predicted molar refractivity (Wildman–Crippen MR) is 186 cm³/mol. The Balaban J connectivity index is 0. The van der Waals surface area contributed by atoms with Crippen LogP contribution < -0.4 is 0 Å². The van der Waals surface area contributed by atoms with Crippen molar-refractivity contribution >= 4 is 5.78 Å². The van der Waals surface area contributed by atoms with Crippen LogP contribution in [0.4, 0.5) is 0 Å². The molecule has 0 atom stereocenters. The number of hydrogen-bond acceptors (Lipinski definition) is 7. The fourth-order valence-electron chi connectivity index (χ4n) is 4.06. The molecule has 1 rings (SSSR count). The quantitative estimate of drug-likeness (QED) is 0.211. The minimum Gasteiger partial charge on any atom is -0.299 e. The van der Waals surface area contributed by atoms with Gasteiger partial charge in [-0.05, 0) is 145 Å². The number of hydrogen-bond donors (Lipinski definition) is 0. The van der Waals surface area contributed by atoms with E-state index in [1.165, 1.54) is 11.1 Å². The van der Waals surface area contributed by atoms with E-state index in [1.807, 2.05) is 26.0 Å². The van der Waals surface area contributed by atoms with E-state index < -0.39 is 0 Å². The molecule has 7 heteroatoms. The minimum absolute atomic E-state index is 0.0400. The molecule has 0 saturated carbocycles. The molecule has 1 aromatic carbocycles. The van der Waals surface area contributed by atoms with Crippen molar-refractivity contribution in [2.45, 2.75) is 98.2 Å². The Labute approximate surface area is 262 Å². The first-order valence-corrected chi connectivity index (χ1v) is 15.1. The lowest BCUT2D eigenvalue weighted by atomic mass is 9.91. The molecule has 0 bridgehead atoms. The highest BCUT2D eigenvalue weighted by Gasteiger charge is 2.36. The minimum atomic E-state index is -0.0638. The third kappa shape index (κ3) is 14.2. The zero-order chi connectivity index (χ0) is 33.9. The summed E-state index contributed by atoms with van der Waals surface area (Å²) >= 11 is 0. The first kappa shape index (κ1) is 42.5. The van der Waals surface area contributed by atoms with Crippen LogP contribution in [0.3, 0.4) is 0 Å². The summed E-state index contributed by atoms with van der Waals surface area (Å²) in [4.78, 5) is 24.2. The molecule has 0 aliphatic heterocycles. The monoisotopic (exact) mass is 591 g/mol. The van der Waals surface area contributed by atoms with Crippen LogP contribution in [0.15, 0.2) is 42.5 Å². The average molecular weight is 591 g/mol. The van der Waals surface area contributed by atoms with Crippen molar-refractivity contribution in [2.24, 2.45) is 0 Å². The van der Waals surface area contributed by atoms with Gasteiger partial charge in [0.2, 0.25) is 0 Å². The second kappa shape index (κ2) is 17.6. The first-order valence-electron chi connectivity index (χ1n) is 15.1. The van der Waals surface area contributed by atoms with E-state index in [0.29, 0.717) is 6.54 Å². The fraction of sp³-hybridized carbons (Fsp3) is 0.743. The summed E-state index contributed by atoms with van der Waals surface area (Å²) in [6.45, 7) is 26.8. The van der Waals surface area contributed by atoms with Gasteiger partial charge in [-0.25, -0.2) is 0 Å². The van der Waals surface area contributed by atoms with E-state index >= 15 is 0 Å². The van der Waals surface area contributed by atoms with Gasteiger partial charge in [-0.15, -0.1) is 0 Å². The molecule has 0 N–H and O–H groups in total. The Morgan fingerprint density at radius 2 is 0.976 bits per heavy atom. The normalized spacial score (nSPS) is 13.0. The van der Waals surface area contributed by atoms with Crippen molar-refractivity contribution in [3.63, 3.8) is 0 Å². The number of carbonyl (C=O) groups excluding carboxylic acids is 1. The SMILES string of the molecule is C=C(C)CN(C)C(C)(C)N(C)C.CC(=O)CN(C)C(C)(C)N(C)C.CN(C)C(C)(C)N(C)C(C)(C)Cc1ccccc1. The van der Waals surface area contributed by atoms with Crippen LogP contribution in [0.25, 0.3) is 0 Å². The summed E-state index contributed by atoms with van der Waals surface area (Å²) in [7, 11) is 18.8. The topological polar surface area (TPSA) is 36.5 Å². The maximum atomic E-state index is 10.9. The van der Waals surface area contributed by atoms with Crippen molar-refractivity contribution in [1.29, 1.82) is 0 Å². The molecule has 7 nitrogen and oxygen atoms in total. The maximum Gasteiger partial charge on any atom is 0.143 e. The lowest BCUT2D eigenvalue weighted by molar-refractivity contribution is -0.120. The number of ketones is 1. The number of carbonyl (C=O) groups is 1. The van der Waals surface area contributed by atoms with Gasteiger partial charge in [0.1, 0.15) is 5.78 Å². The number of likely N-dealkylation sites (N-methyl/N-ethyl adjacent to an activating group) is 3. The van der Waals surface area contributed by atoms with Gasteiger partial charge >= 0.3 is 0 Å². The van der Waals surface area contributed by atoms with Gasteiger partial charge in [-0.3, -0.25) is 34.2 Å². The van der Waals surface area contributed by atoms with Crippen molar-refractivity contribution in [1.82, 2.24) is 29.4 Å². The lowest BCUT2D eigenvalue weighted by Crippen LogP contribution is -2.60. The predicted octanol–water partition coefficient (Wildman–Crippen LogP) is 5.83. The van der Waals surface area contributed by atoms with Crippen LogP contribution in [-0.4, -0.2) is 134 Å². The highest BCUT2D eigenvalue weighted by molar-refractivity contribution is 5.77. The summed E-state index contributed by atoms with van der Waals surface area (Å²) in [5, 5.41) is 0. The summed E-state index contributed by atoms with van der Waals surface area (Å²) in [5.41, 5.74) is 2.79. The van der Waals surface area contributed by atoms with Crippen molar-refractivity contribution in [2.75, 3.05) is 76.5 Å². The average Bonchev–Trinajstić information content (AvgIpc) is 2.83. The molecule has 1 aromatic rings. The van der Waals surface area contributed by atoms with Gasteiger partial charge < -0.3 is 0 Å². The van der Waals surface area contributed by atoms with E-state index in [9.17, 15) is 4.79 Å². The molecule has 0 spiro atoms. The molecule has 0 fully saturated rings. The van der Waals surface area contributed by atoms with E-state index in [4.69, 9.17) is 0 Å². The van der Waals surface area contributed by atoms with Gasteiger partial charge in [-0.1, -0.05) is 42.5 Å². The maximum absolute atomic E-state index is 10.9. The second-order valence-electron chi connectivity index (χ2n) is 14.6.